The first-order valence-corrected chi connectivity index (χ1v) is 24.1. The zero-order chi connectivity index (χ0) is 41.6. The molecule has 0 heterocycles. The Morgan fingerprint density at radius 2 is 0.845 bits per heavy atom. The maximum Gasteiger partial charge on any atom is 0.309 e. The fourth-order valence-corrected chi connectivity index (χ4v) is 18.0. The van der Waals surface area contributed by atoms with Crippen molar-refractivity contribution in [3.8, 4) is 0 Å². The van der Waals surface area contributed by atoms with Crippen LogP contribution in [0.25, 0.3) is 0 Å². The molecule has 0 aromatic carbocycles. The molecule has 14 atom stereocenters. The van der Waals surface area contributed by atoms with Gasteiger partial charge in [-0.3, -0.25) is 19.2 Å². The fourth-order valence-electron chi connectivity index (χ4n) is 18.0. The summed E-state index contributed by atoms with van der Waals surface area (Å²) in [6, 6.07) is 0. The summed E-state index contributed by atoms with van der Waals surface area (Å²) in [5.74, 6) is 0.135. The molecule has 8 rings (SSSR count). The Morgan fingerprint density at radius 3 is 1.22 bits per heavy atom. The van der Waals surface area contributed by atoms with Crippen LogP contribution in [0.5, 0.6) is 0 Å². The van der Waals surface area contributed by atoms with Gasteiger partial charge in [0, 0.05) is 23.7 Å². The molecule has 2 N–H and O–H groups in total. The monoisotopic (exact) mass is 807 g/mol. The molecule has 8 aliphatic rings. The summed E-state index contributed by atoms with van der Waals surface area (Å²) in [7, 11) is 0. The molecular weight excluding hydrogens is 729 g/mol. The van der Waals surface area contributed by atoms with Crippen LogP contribution in [0.3, 0.4) is 0 Å². The van der Waals surface area contributed by atoms with E-state index in [9.17, 15) is 29.4 Å². The summed E-state index contributed by atoms with van der Waals surface area (Å²) in [6.45, 7) is 13.5. The Hall–Kier alpha value is -2.12. The van der Waals surface area contributed by atoms with E-state index < -0.39 is 22.8 Å². The average molecular weight is 807 g/mol. The van der Waals surface area contributed by atoms with Gasteiger partial charge in [0.15, 0.2) is 0 Å². The lowest BCUT2D eigenvalue weighted by Crippen LogP contribution is -2.58. The van der Waals surface area contributed by atoms with Crippen LogP contribution in [0.15, 0.2) is 0 Å². The summed E-state index contributed by atoms with van der Waals surface area (Å²) < 4.78 is 12.7. The van der Waals surface area contributed by atoms with Crippen molar-refractivity contribution in [1.82, 2.24) is 0 Å². The van der Waals surface area contributed by atoms with Crippen LogP contribution in [0.1, 0.15) is 208 Å². The second-order valence-electron chi connectivity index (χ2n) is 23.9. The number of esters is 2. The van der Waals surface area contributed by atoms with E-state index in [1.807, 2.05) is 13.8 Å². The average Bonchev–Trinajstić information content (AvgIpc) is 3.47. The molecule has 58 heavy (non-hydrogen) atoms. The summed E-state index contributed by atoms with van der Waals surface area (Å²) in [4.78, 5) is 51.5. The number of carboxylic acid groups (broad SMARTS) is 2. The van der Waals surface area contributed by atoms with E-state index in [1.54, 1.807) is 0 Å². The Morgan fingerprint density at radius 1 is 0.483 bits per heavy atom. The molecule has 8 heteroatoms. The molecule has 0 amide bonds. The summed E-state index contributed by atoms with van der Waals surface area (Å²) in [6.07, 6.45) is 25.0. The zero-order valence-electron chi connectivity index (χ0n) is 37.2. The predicted octanol–water partition coefficient (Wildman–Crippen LogP) is 11.7. The van der Waals surface area contributed by atoms with E-state index in [1.165, 1.54) is 0 Å². The lowest BCUT2D eigenvalue weighted by Gasteiger charge is -2.63. The van der Waals surface area contributed by atoms with Crippen LogP contribution >= 0.6 is 0 Å². The first-order valence-electron chi connectivity index (χ1n) is 24.1. The van der Waals surface area contributed by atoms with Gasteiger partial charge in [-0.15, -0.1) is 0 Å². The topological polar surface area (TPSA) is 127 Å². The van der Waals surface area contributed by atoms with Crippen LogP contribution in [0.4, 0.5) is 0 Å². The number of hydrogen-bond donors (Lipinski definition) is 2. The van der Waals surface area contributed by atoms with Gasteiger partial charge in [-0.25, -0.2) is 0 Å². The zero-order valence-corrected chi connectivity index (χ0v) is 37.2. The molecule has 0 aliphatic heterocycles. The van der Waals surface area contributed by atoms with Crippen molar-refractivity contribution in [1.29, 1.82) is 0 Å². The third kappa shape index (κ3) is 6.62. The van der Waals surface area contributed by atoms with E-state index in [0.717, 1.165) is 154 Å². The van der Waals surface area contributed by atoms with Gasteiger partial charge < -0.3 is 19.7 Å². The molecule has 2 spiro atoms. The highest BCUT2D eigenvalue weighted by molar-refractivity contribution is 5.75. The van der Waals surface area contributed by atoms with Crippen molar-refractivity contribution < 1.29 is 38.9 Å². The number of hydrogen-bond acceptors (Lipinski definition) is 6. The first kappa shape index (κ1) is 42.6. The van der Waals surface area contributed by atoms with Crippen LogP contribution in [-0.2, 0) is 28.7 Å². The van der Waals surface area contributed by atoms with Gasteiger partial charge in [0.05, 0.1) is 10.8 Å². The lowest BCUT2D eigenvalue weighted by atomic mass is 9.40. The maximum atomic E-state index is 13.2. The quantitative estimate of drug-likeness (QED) is 0.139. The Bertz CT molecular complexity index is 1520. The smallest absolute Gasteiger partial charge is 0.309 e. The molecule has 8 nitrogen and oxygen atoms in total. The van der Waals surface area contributed by atoms with Gasteiger partial charge in [-0.2, -0.15) is 0 Å². The Balaban J connectivity index is 0.742. The van der Waals surface area contributed by atoms with Crippen molar-refractivity contribution in [3.63, 3.8) is 0 Å². The number of carbonyl (C=O) groups excluding carboxylic acids is 2. The second-order valence-corrected chi connectivity index (χ2v) is 23.9. The maximum absolute atomic E-state index is 13.2. The second kappa shape index (κ2) is 14.8. The Kier molecular flexibility index (Phi) is 10.8. The summed E-state index contributed by atoms with van der Waals surface area (Å²) >= 11 is 0. The molecule has 0 aromatic rings. The normalized spacial score (nSPS) is 48.8. The minimum Gasteiger partial charge on any atom is -0.481 e. The molecule has 4 bridgehead atoms. The lowest BCUT2D eigenvalue weighted by molar-refractivity contribution is -0.183. The Labute approximate surface area is 349 Å². The highest BCUT2D eigenvalue weighted by Crippen LogP contribution is 2.76. The minimum absolute atomic E-state index is 0.0244. The van der Waals surface area contributed by atoms with E-state index in [4.69, 9.17) is 9.47 Å². The van der Waals surface area contributed by atoms with E-state index >= 15 is 0 Å². The fraction of sp³-hybridized carbons (Fsp3) is 0.920. The van der Waals surface area contributed by atoms with Crippen LogP contribution in [0, 0.1) is 67.0 Å². The molecule has 8 saturated carbocycles. The molecule has 0 aromatic heterocycles. The molecule has 0 saturated heterocycles. The summed E-state index contributed by atoms with van der Waals surface area (Å²) in [5.41, 5.74) is -0.779. The third-order valence-corrected chi connectivity index (χ3v) is 20.7. The van der Waals surface area contributed by atoms with Crippen molar-refractivity contribution >= 4 is 23.9 Å². The van der Waals surface area contributed by atoms with Crippen LogP contribution in [0.2, 0.25) is 0 Å². The molecular formula is C50H78O8. The van der Waals surface area contributed by atoms with E-state index in [0.29, 0.717) is 24.7 Å². The van der Waals surface area contributed by atoms with Crippen molar-refractivity contribution in [2.75, 3.05) is 0 Å². The number of unbranched alkanes of at least 4 members (excludes halogenated alkanes) is 5. The number of rotatable bonds is 13. The molecule has 0 unspecified atom stereocenters. The number of fused-ring (bicyclic) bond motifs is 6. The van der Waals surface area contributed by atoms with Crippen LogP contribution < -0.4 is 0 Å². The third-order valence-electron chi connectivity index (χ3n) is 20.7. The van der Waals surface area contributed by atoms with Gasteiger partial charge in [-0.1, -0.05) is 66.2 Å². The largest absolute Gasteiger partial charge is 0.481 e. The predicted molar refractivity (Wildman–Crippen MR) is 223 cm³/mol. The van der Waals surface area contributed by atoms with Crippen molar-refractivity contribution in [2.24, 2.45) is 67.0 Å². The first-order chi connectivity index (χ1) is 27.3. The summed E-state index contributed by atoms with van der Waals surface area (Å²) in [5, 5.41) is 20.6. The number of aliphatic carboxylic acids is 2. The highest BCUT2D eigenvalue weighted by atomic mass is 16.5. The minimum atomic E-state index is -0.630. The highest BCUT2D eigenvalue weighted by Gasteiger charge is 2.70. The van der Waals surface area contributed by atoms with Crippen LogP contribution in [-0.4, -0.2) is 46.3 Å². The SMILES string of the molecule is C[C@]12CC[C@H]3[C@](CC[C@@H]4[C@]3(C)CCC[C@]4(C)C(=O)O)(C[C@@H]1OC(=O)CCCCCCCCC(=O)O[C@@H]1C[C@]34CC[C@H]5[C@@](C)(CCC[C@@]5(C)C(=O)O)[C@@H]3CC[C@@]1(C)C4)C2. The van der Waals surface area contributed by atoms with Gasteiger partial charge in [0.1, 0.15) is 12.2 Å². The van der Waals surface area contributed by atoms with Gasteiger partial charge in [0.25, 0.3) is 0 Å². The van der Waals surface area contributed by atoms with Crippen molar-refractivity contribution in [2.45, 2.75) is 221 Å². The molecule has 326 valence electrons. The molecule has 8 aliphatic carbocycles. The van der Waals surface area contributed by atoms with E-state index in [2.05, 4.69) is 27.7 Å². The van der Waals surface area contributed by atoms with Gasteiger partial charge in [0.2, 0.25) is 0 Å². The van der Waals surface area contributed by atoms with Gasteiger partial charge in [-0.05, 0) is 175 Å². The number of ether oxygens (including phenoxy) is 2. The van der Waals surface area contributed by atoms with Crippen molar-refractivity contribution in [3.05, 3.63) is 0 Å². The van der Waals surface area contributed by atoms with E-state index in [-0.39, 0.29) is 68.5 Å². The molecule has 8 fully saturated rings. The number of carbonyl (C=O) groups is 4. The standard InChI is InChI=1S/C50H78O8/c1-43-25-17-35-45(3)21-13-23-47(5,41(53)54)33(45)19-27-49(35,31-43)29-37(43)57-39(51)15-11-9-7-8-10-12-16-40(52)58-38-30-50-28-20-34-46(4,22-14-24-48(34,6)42(55)56)36(50)18-26-44(38,2)32-50/h33-38H,7-32H2,1-6H3,(H,53,54)(H,55,56)/t33-,34+,35-,36+,37+,38-,43-,44+,45+,46-,47+,48-,49-,50+. The van der Waals surface area contributed by atoms with Gasteiger partial charge >= 0.3 is 23.9 Å². The molecule has 0 radical (unpaired) electrons. The number of carboxylic acids is 2.